The zero-order chi connectivity index (χ0) is 13.2. The minimum Gasteiger partial charge on any atom is -0.465 e. The van der Waals surface area contributed by atoms with Crippen LogP contribution in [-0.2, 0) is 9.53 Å². The number of ether oxygens (including phenoxy) is 1. The van der Waals surface area contributed by atoms with E-state index in [2.05, 4.69) is 10.2 Å². The highest BCUT2D eigenvalue weighted by atomic mass is 32.2. The minimum absolute atomic E-state index is 0.104. The standard InChI is InChI=1S/C12H9FN2O3S/c13-8-4-2-1-3-7(8)10-14-15-12(18-10)19-9-5-6-17-11(9)16/h1-4,9H,5-6H2. The highest BCUT2D eigenvalue weighted by Crippen LogP contribution is 2.31. The first-order chi connectivity index (χ1) is 9.24. The van der Waals surface area contributed by atoms with Gasteiger partial charge in [-0.15, -0.1) is 10.2 Å². The number of aromatic nitrogens is 2. The first-order valence-corrected chi connectivity index (χ1v) is 6.54. The molecule has 1 aromatic heterocycles. The first-order valence-electron chi connectivity index (χ1n) is 5.66. The molecule has 0 saturated carbocycles. The van der Waals surface area contributed by atoms with Crippen LogP contribution in [0.1, 0.15) is 6.42 Å². The lowest BCUT2D eigenvalue weighted by atomic mass is 10.2. The van der Waals surface area contributed by atoms with Gasteiger partial charge in [0.15, 0.2) is 0 Å². The van der Waals surface area contributed by atoms with E-state index in [1.807, 2.05) is 0 Å². The molecule has 1 fully saturated rings. The van der Waals surface area contributed by atoms with Crippen molar-refractivity contribution in [3.05, 3.63) is 30.1 Å². The number of esters is 1. The van der Waals surface area contributed by atoms with Crippen molar-refractivity contribution in [1.29, 1.82) is 0 Å². The SMILES string of the molecule is O=C1OCCC1Sc1nnc(-c2ccccc2F)o1. The molecule has 2 heterocycles. The highest BCUT2D eigenvalue weighted by Gasteiger charge is 2.29. The topological polar surface area (TPSA) is 65.2 Å². The first kappa shape index (κ1) is 12.2. The summed E-state index contributed by atoms with van der Waals surface area (Å²) in [4.78, 5) is 11.3. The van der Waals surface area contributed by atoms with Crippen LogP contribution in [0.3, 0.4) is 0 Å². The van der Waals surface area contributed by atoms with Gasteiger partial charge in [0.05, 0.1) is 12.2 Å². The Bertz CT molecular complexity index is 617. The van der Waals surface area contributed by atoms with Gasteiger partial charge in [0.1, 0.15) is 11.1 Å². The second-order valence-corrected chi connectivity index (χ2v) is 5.07. The molecule has 0 spiro atoms. The maximum Gasteiger partial charge on any atom is 0.319 e. The Morgan fingerprint density at radius 2 is 2.16 bits per heavy atom. The van der Waals surface area contributed by atoms with Crippen LogP contribution < -0.4 is 0 Å². The number of rotatable bonds is 3. The van der Waals surface area contributed by atoms with E-state index in [0.717, 1.165) is 11.8 Å². The van der Waals surface area contributed by atoms with Crippen molar-refractivity contribution >= 4 is 17.7 Å². The highest BCUT2D eigenvalue weighted by molar-refractivity contribution is 8.00. The van der Waals surface area contributed by atoms with Crippen LogP contribution in [-0.4, -0.2) is 28.0 Å². The Morgan fingerprint density at radius 1 is 1.32 bits per heavy atom. The number of hydrogen-bond acceptors (Lipinski definition) is 6. The van der Waals surface area contributed by atoms with E-state index < -0.39 is 5.82 Å². The number of nitrogens with zero attached hydrogens (tertiary/aromatic N) is 2. The van der Waals surface area contributed by atoms with Gasteiger partial charge in [-0.2, -0.15) is 0 Å². The molecule has 1 atom stereocenters. The Hall–Kier alpha value is -1.89. The third-order valence-corrected chi connectivity index (χ3v) is 3.72. The molecule has 7 heteroatoms. The fourth-order valence-electron chi connectivity index (χ4n) is 1.71. The molecular weight excluding hydrogens is 271 g/mol. The number of thioether (sulfide) groups is 1. The van der Waals surface area contributed by atoms with Gasteiger partial charge in [-0.3, -0.25) is 4.79 Å². The van der Waals surface area contributed by atoms with Crippen LogP contribution in [0, 0.1) is 5.82 Å². The molecule has 19 heavy (non-hydrogen) atoms. The van der Waals surface area contributed by atoms with Gasteiger partial charge in [-0.1, -0.05) is 12.1 Å². The molecule has 2 aromatic rings. The second kappa shape index (κ2) is 5.00. The second-order valence-electron chi connectivity index (χ2n) is 3.92. The number of cyclic esters (lactones) is 1. The Balaban J connectivity index is 1.80. The molecule has 0 amide bonds. The van der Waals surface area contributed by atoms with Crippen molar-refractivity contribution in [3.63, 3.8) is 0 Å². The number of halogens is 1. The average Bonchev–Trinajstić information content (AvgIpc) is 3.01. The monoisotopic (exact) mass is 280 g/mol. The van der Waals surface area contributed by atoms with Gasteiger partial charge in [0.2, 0.25) is 0 Å². The summed E-state index contributed by atoms with van der Waals surface area (Å²) in [7, 11) is 0. The fourth-order valence-corrected chi connectivity index (χ4v) is 2.54. The van der Waals surface area contributed by atoms with Crippen LogP contribution in [0.15, 0.2) is 33.9 Å². The van der Waals surface area contributed by atoms with E-state index in [0.29, 0.717) is 13.0 Å². The number of benzene rings is 1. The maximum atomic E-state index is 13.5. The molecule has 98 valence electrons. The maximum absolute atomic E-state index is 13.5. The van der Waals surface area contributed by atoms with E-state index in [9.17, 15) is 9.18 Å². The number of carbonyl (C=O) groups is 1. The molecule has 0 N–H and O–H groups in total. The minimum atomic E-state index is -0.428. The molecule has 0 bridgehead atoms. The molecular formula is C12H9FN2O3S. The molecule has 5 nitrogen and oxygen atoms in total. The number of carbonyl (C=O) groups excluding carboxylic acids is 1. The van der Waals surface area contributed by atoms with Crippen molar-refractivity contribution < 1.29 is 18.3 Å². The van der Waals surface area contributed by atoms with E-state index in [1.165, 1.54) is 6.07 Å². The quantitative estimate of drug-likeness (QED) is 0.804. The molecule has 0 radical (unpaired) electrons. The third kappa shape index (κ3) is 2.46. The number of hydrogen-bond donors (Lipinski definition) is 0. The van der Waals surface area contributed by atoms with Crippen molar-refractivity contribution in [1.82, 2.24) is 10.2 Å². The summed E-state index contributed by atoms with van der Waals surface area (Å²) >= 11 is 1.14. The zero-order valence-corrected chi connectivity index (χ0v) is 10.5. The summed E-state index contributed by atoms with van der Waals surface area (Å²) in [5, 5.41) is 7.50. The summed E-state index contributed by atoms with van der Waals surface area (Å²) in [6.45, 7) is 0.408. The van der Waals surface area contributed by atoms with Crippen LogP contribution in [0.25, 0.3) is 11.5 Å². The predicted molar refractivity (Wildman–Crippen MR) is 64.9 cm³/mol. The summed E-state index contributed by atoms with van der Waals surface area (Å²) in [5.41, 5.74) is 0.246. The lowest BCUT2D eigenvalue weighted by molar-refractivity contribution is -0.137. The van der Waals surface area contributed by atoms with Gasteiger partial charge in [0, 0.05) is 6.42 Å². The van der Waals surface area contributed by atoms with Crippen molar-refractivity contribution in [2.45, 2.75) is 16.9 Å². The van der Waals surface area contributed by atoms with Crippen molar-refractivity contribution in [2.24, 2.45) is 0 Å². The molecule has 1 aliphatic heterocycles. The van der Waals surface area contributed by atoms with E-state index in [-0.39, 0.29) is 27.9 Å². The molecule has 1 aliphatic rings. The smallest absolute Gasteiger partial charge is 0.319 e. The third-order valence-electron chi connectivity index (χ3n) is 2.64. The molecule has 0 aliphatic carbocycles. The van der Waals surface area contributed by atoms with Gasteiger partial charge >= 0.3 is 5.97 Å². The van der Waals surface area contributed by atoms with Crippen LogP contribution in [0.5, 0.6) is 0 Å². The molecule has 1 unspecified atom stereocenters. The van der Waals surface area contributed by atoms with Crippen LogP contribution in [0.4, 0.5) is 4.39 Å². The largest absolute Gasteiger partial charge is 0.465 e. The molecule has 3 rings (SSSR count). The fraction of sp³-hybridized carbons (Fsp3) is 0.250. The zero-order valence-electron chi connectivity index (χ0n) is 9.71. The lowest BCUT2D eigenvalue weighted by Gasteiger charge is -1.99. The molecule has 1 saturated heterocycles. The summed E-state index contributed by atoms with van der Waals surface area (Å²) < 4.78 is 23.7. The Labute approximate surface area is 112 Å². The summed E-state index contributed by atoms with van der Waals surface area (Å²) in [6.07, 6.45) is 0.612. The normalized spacial score (nSPS) is 18.6. The van der Waals surface area contributed by atoms with E-state index in [1.54, 1.807) is 18.2 Å². The predicted octanol–water partition coefficient (Wildman–Crippen LogP) is 2.28. The van der Waals surface area contributed by atoms with Gasteiger partial charge in [-0.05, 0) is 23.9 Å². The van der Waals surface area contributed by atoms with Gasteiger partial charge < -0.3 is 9.15 Å². The lowest BCUT2D eigenvalue weighted by Crippen LogP contribution is -2.09. The van der Waals surface area contributed by atoms with Crippen LogP contribution in [0.2, 0.25) is 0 Å². The van der Waals surface area contributed by atoms with Gasteiger partial charge in [0.25, 0.3) is 11.1 Å². The van der Waals surface area contributed by atoms with Gasteiger partial charge in [-0.25, -0.2) is 4.39 Å². The van der Waals surface area contributed by atoms with Crippen molar-refractivity contribution in [3.8, 4) is 11.5 Å². The molecule has 1 aromatic carbocycles. The van der Waals surface area contributed by atoms with Crippen molar-refractivity contribution in [2.75, 3.05) is 6.61 Å². The van der Waals surface area contributed by atoms with E-state index in [4.69, 9.17) is 9.15 Å². The Morgan fingerprint density at radius 3 is 2.89 bits per heavy atom. The average molecular weight is 280 g/mol. The summed E-state index contributed by atoms with van der Waals surface area (Å²) in [6, 6.07) is 6.14. The summed E-state index contributed by atoms with van der Waals surface area (Å²) in [5.74, 6) is -0.606. The van der Waals surface area contributed by atoms with Crippen LogP contribution >= 0.6 is 11.8 Å². The van der Waals surface area contributed by atoms with E-state index >= 15 is 0 Å². The Kier molecular flexibility index (Phi) is 3.20.